The lowest BCUT2D eigenvalue weighted by molar-refractivity contribution is 0.595. The smallest absolute Gasteiger partial charge is 0.279 e. The molecule has 0 aliphatic heterocycles. The molecule has 2 aromatic rings. The van der Waals surface area contributed by atoms with Gasteiger partial charge in [-0.3, -0.25) is 9.82 Å². The molecular weight excluding hydrogens is 351 g/mol. The zero-order chi connectivity index (χ0) is 14.8. The maximum Gasteiger partial charge on any atom is 0.279 e. The first-order chi connectivity index (χ1) is 9.44. The average molecular weight is 363 g/mol. The van der Waals surface area contributed by atoms with E-state index in [9.17, 15) is 12.8 Å². The molecule has 2 rings (SSSR count). The highest BCUT2D eigenvalue weighted by Crippen LogP contribution is 2.22. The molecule has 0 bridgehead atoms. The molecule has 0 radical (unpaired) electrons. The van der Waals surface area contributed by atoms with Gasteiger partial charge in [-0.1, -0.05) is 0 Å². The van der Waals surface area contributed by atoms with Crippen LogP contribution in [0.15, 0.2) is 33.9 Å². The predicted octanol–water partition coefficient (Wildman–Crippen LogP) is 1.83. The molecule has 1 aromatic heterocycles. The molecule has 108 valence electrons. The summed E-state index contributed by atoms with van der Waals surface area (Å²) in [7, 11) is -2.15. The minimum atomic E-state index is -3.84. The van der Waals surface area contributed by atoms with Gasteiger partial charge in [0.15, 0.2) is 5.03 Å². The van der Waals surface area contributed by atoms with E-state index in [1.807, 2.05) is 0 Å². The van der Waals surface area contributed by atoms with E-state index in [4.69, 9.17) is 0 Å². The predicted molar refractivity (Wildman–Crippen MR) is 76.3 cm³/mol. The van der Waals surface area contributed by atoms with Crippen LogP contribution in [0.3, 0.4) is 0 Å². The first-order valence-corrected chi connectivity index (χ1v) is 7.86. The number of benzene rings is 1. The number of hydrogen-bond acceptors (Lipinski definition) is 4. The highest BCUT2D eigenvalue weighted by molar-refractivity contribution is 9.10. The maximum absolute atomic E-state index is 13.4. The van der Waals surface area contributed by atoms with E-state index < -0.39 is 15.8 Å². The van der Waals surface area contributed by atoms with Crippen LogP contribution in [0.5, 0.6) is 0 Å². The third-order valence-corrected chi connectivity index (χ3v) is 4.52. The summed E-state index contributed by atoms with van der Waals surface area (Å²) in [4.78, 5) is 0. The van der Waals surface area contributed by atoms with Crippen molar-refractivity contribution in [3.63, 3.8) is 0 Å². The van der Waals surface area contributed by atoms with E-state index in [-0.39, 0.29) is 15.2 Å². The molecule has 0 atom stereocenters. The van der Waals surface area contributed by atoms with Crippen molar-refractivity contribution in [1.29, 1.82) is 0 Å². The van der Waals surface area contributed by atoms with Crippen molar-refractivity contribution in [2.75, 3.05) is 11.8 Å². The molecule has 20 heavy (non-hydrogen) atoms. The topological polar surface area (TPSA) is 86.9 Å². The normalized spacial score (nSPS) is 11.6. The Morgan fingerprint density at radius 3 is 2.85 bits per heavy atom. The van der Waals surface area contributed by atoms with Gasteiger partial charge in [0.05, 0.1) is 16.4 Å². The molecule has 0 aliphatic rings. The molecule has 9 heteroatoms. The van der Waals surface area contributed by atoms with E-state index in [2.05, 4.69) is 36.2 Å². The number of sulfonamides is 1. The zero-order valence-electron chi connectivity index (χ0n) is 10.4. The standard InChI is InChI=1S/C11H12BrFN4O2S/c1-14-5-7-6-15-16-11(7)20(18,19)17-8-2-3-9(12)10(13)4-8/h2-4,6,14,17H,5H2,1H3,(H,15,16). The van der Waals surface area contributed by atoms with Crippen LogP contribution >= 0.6 is 15.9 Å². The fraction of sp³-hybridized carbons (Fsp3) is 0.182. The Kier molecular flexibility index (Phi) is 4.41. The van der Waals surface area contributed by atoms with E-state index >= 15 is 0 Å². The summed E-state index contributed by atoms with van der Waals surface area (Å²) in [5.74, 6) is -0.551. The summed E-state index contributed by atoms with van der Waals surface area (Å²) >= 11 is 3.00. The number of halogens is 2. The van der Waals surface area contributed by atoms with Crippen LogP contribution in [0.1, 0.15) is 5.56 Å². The number of rotatable bonds is 5. The van der Waals surface area contributed by atoms with E-state index in [0.29, 0.717) is 12.1 Å². The maximum atomic E-state index is 13.4. The van der Waals surface area contributed by atoms with Gasteiger partial charge in [0.25, 0.3) is 10.0 Å². The number of H-pyrrole nitrogens is 1. The molecule has 0 saturated heterocycles. The summed E-state index contributed by atoms with van der Waals surface area (Å²) in [6.45, 7) is 0.349. The van der Waals surface area contributed by atoms with Crippen molar-refractivity contribution in [3.8, 4) is 0 Å². The van der Waals surface area contributed by atoms with Crippen LogP contribution in [0.25, 0.3) is 0 Å². The second-order valence-corrected chi connectivity index (χ2v) is 6.46. The van der Waals surface area contributed by atoms with Crippen LogP contribution in [0, 0.1) is 5.82 Å². The third kappa shape index (κ3) is 3.17. The van der Waals surface area contributed by atoms with Crippen molar-refractivity contribution in [3.05, 3.63) is 40.2 Å². The molecule has 0 spiro atoms. The van der Waals surface area contributed by atoms with E-state index in [0.717, 1.165) is 6.07 Å². The van der Waals surface area contributed by atoms with Crippen molar-refractivity contribution in [1.82, 2.24) is 15.5 Å². The molecule has 1 heterocycles. The first-order valence-electron chi connectivity index (χ1n) is 5.59. The molecule has 0 unspecified atom stereocenters. The lowest BCUT2D eigenvalue weighted by Crippen LogP contribution is -2.17. The summed E-state index contributed by atoms with van der Waals surface area (Å²) < 4.78 is 40.4. The van der Waals surface area contributed by atoms with Gasteiger partial charge in [0, 0.05) is 12.1 Å². The minimum Gasteiger partial charge on any atom is -0.316 e. The Hall–Kier alpha value is -1.45. The summed E-state index contributed by atoms with van der Waals surface area (Å²) in [6, 6.07) is 3.98. The van der Waals surface area contributed by atoms with Gasteiger partial charge in [0.2, 0.25) is 0 Å². The van der Waals surface area contributed by atoms with Gasteiger partial charge in [-0.2, -0.15) is 13.5 Å². The van der Waals surface area contributed by atoms with E-state index in [1.54, 1.807) is 7.05 Å². The summed E-state index contributed by atoms with van der Waals surface area (Å²) in [5, 5.41) is 8.95. The Bertz CT molecular complexity index is 717. The lowest BCUT2D eigenvalue weighted by atomic mass is 10.3. The number of nitrogens with one attached hydrogen (secondary N) is 3. The number of aromatic amines is 1. The molecule has 6 nitrogen and oxygen atoms in total. The monoisotopic (exact) mass is 362 g/mol. The fourth-order valence-corrected chi connectivity index (χ4v) is 3.04. The largest absolute Gasteiger partial charge is 0.316 e. The number of aromatic nitrogens is 2. The van der Waals surface area contributed by atoms with Gasteiger partial charge >= 0.3 is 0 Å². The van der Waals surface area contributed by atoms with Crippen LogP contribution in [0.4, 0.5) is 10.1 Å². The van der Waals surface area contributed by atoms with Gasteiger partial charge in [-0.05, 0) is 41.2 Å². The van der Waals surface area contributed by atoms with Crippen LogP contribution in [-0.2, 0) is 16.6 Å². The van der Waals surface area contributed by atoms with Crippen molar-refractivity contribution < 1.29 is 12.8 Å². The Morgan fingerprint density at radius 1 is 1.45 bits per heavy atom. The first kappa shape index (κ1) is 14.9. The molecule has 0 fully saturated rings. The van der Waals surface area contributed by atoms with Gasteiger partial charge in [-0.25, -0.2) is 4.39 Å². The van der Waals surface area contributed by atoms with Crippen LogP contribution in [-0.4, -0.2) is 25.7 Å². The second kappa shape index (κ2) is 5.90. The number of nitrogens with zero attached hydrogens (tertiary/aromatic N) is 1. The summed E-state index contributed by atoms with van der Waals surface area (Å²) in [6.07, 6.45) is 1.42. The Balaban J connectivity index is 2.30. The van der Waals surface area contributed by atoms with Crippen molar-refractivity contribution in [2.24, 2.45) is 0 Å². The molecule has 1 aromatic carbocycles. The Labute approximate surface area is 124 Å². The highest BCUT2D eigenvalue weighted by atomic mass is 79.9. The second-order valence-electron chi connectivity index (χ2n) is 3.99. The minimum absolute atomic E-state index is 0.0461. The fourth-order valence-electron chi connectivity index (χ4n) is 1.61. The quantitative estimate of drug-likeness (QED) is 0.757. The van der Waals surface area contributed by atoms with Crippen LogP contribution in [0.2, 0.25) is 0 Å². The zero-order valence-corrected chi connectivity index (χ0v) is 12.8. The van der Waals surface area contributed by atoms with Crippen molar-refractivity contribution in [2.45, 2.75) is 11.6 Å². The Morgan fingerprint density at radius 2 is 2.20 bits per heavy atom. The molecule has 0 saturated carbocycles. The lowest BCUT2D eigenvalue weighted by Gasteiger charge is -2.08. The van der Waals surface area contributed by atoms with Gasteiger partial charge in [-0.15, -0.1) is 0 Å². The number of anilines is 1. The van der Waals surface area contributed by atoms with Crippen LogP contribution < -0.4 is 10.0 Å². The SMILES string of the molecule is CNCc1cn[nH]c1S(=O)(=O)Nc1ccc(Br)c(F)c1. The average Bonchev–Trinajstić information content (AvgIpc) is 2.83. The van der Waals surface area contributed by atoms with Gasteiger partial charge in [0.1, 0.15) is 5.82 Å². The van der Waals surface area contributed by atoms with E-state index in [1.165, 1.54) is 18.3 Å². The highest BCUT2D eigenvalue weighted by Gasteiger charge is 2.21. The molecule has 0 aliphatic carbocycles. The summed E-state index contributed by atoms with van der Waals surface area (Å²) in [5.41, 5.74) is 0.633. The molecule has 3 N–H and O–H groups in total. The number of hydrogen-bond donors (Lipinski definition) is 3. The third-order valence-electron chi connectivity index (χ3n) is 2.49. The van der Waals surface area contributed by atoms with Gasteiger partial charge < -0.3 is 5.32 Å². The molecular formula is C11H12BrFN4O2S. The van der Waals surface area contributed by atoms with Crippen molar-refractivity contribution >= 4 is 31.6 Å². The molecule has 0 amide bonds.